The summed E-state index contributed by atoms with van der Waals surface area (Å²) >= 11 is 6.99. The van der Waals surface area contributed by atoms with Gasteiger partial charge in [0, 0.05) is 43.0 Å². The topological polar surface area (TPSA) is 81.5 Å². The summed E-state index contributed by atoms with van der Waals surface area (Å²) in [6.45, 7) is 9.67. The normalized spacial score (nSPS) is 20.8. The van der Waals surface area contributed by atoms with Gasteiger partial charge in [0.2, 0.25) is 5.95 Å². The van der Waals surface area contributed by atoms with E-state index in [0.29, 0.717) is 35.5 Å². The van der Waals surface area contributed by atoms with Crippen LogP contribution >= 0.6 is 11.6 Å². The molecule has 0 aliphatic carbocycles. The number of carbonyl (C=O) groups is 1. The average Bonchev–Trinajstić information content (AvgIpc) is 3.44. The second-order valence-corrected chi connectivity index (χ2v) is 9.87. The lowest BCUT2D eigenvalue weighted by Crippen LogP contribution is -2.30. The van der Waals surface area contributed by atoms with Gasteiger partial charge in [-0.05, 0) is 50.6 Å². The van der Waals surface area contributed by atoms with E-state index in [1.165, 1.54) is 0 Å². The number of anilines is 1. The Morgan fingerprint density at radius 2 is 2.22 bits per heavy atom. The van der Waals surface area contributed by atoms with Gasteiger partial charge in [0.25, 0.3) is 5.91 Å². The molecule has 3 aromatic rings. The van der Waals surface area contributed by atoms with Crippen LogP contribution in [0, 0.1) is 6.92 Å². The Hall–Kier alpha value is -2.94. The Balaban J connectivity index is 1.57. The molecule has 5 rings (SSSR count). The average molecular weight is 510 g/mol. The zero-order valence-electron chi connectivity index (χ0n) is 20.6. The third-order valence-corrected chi connectivity index (χ3v) is 7.17. The van der Waals surface area contributed by atoms with Gasteiger partial charge in [0.15, 0.2) is 0 Å². The zero-order chi connectivity index (χ0) is 25.1. The molecule has 2 aliphatic heterocycles. The molecule has 190 valence electrons. The summed E-state index contributed by atoms with van der Waals surface area (Å²) in [5.41, 5.74) is 2.81. The highest BCUT2D eigenvalue weighted by Gasteiger charge is 2.28. The highest BCUT2D eigenvalue weighted by atomic mass is 35.5. The van der Waals surface area contributed by atoms with E-state index >= 15 is 0 Å². The summed E-state index contributed by atoms with van der Waals surface area (Å²) in [4.78, 5) is 24.6. The molecule has 2 aliphatic rings. The Morgan fingerprint density at radius 3 is 3.00 bits per heavy atom. The molecule has 4 heterocycles. The number of halogens is 1. The van der Waals surface area contributed by atoms with Crippen LogP contribution in [-0.4, -0.2) is 64.3 Å². The van der Waals surface area contributed by atoms with Gasteiger partial charge in [-0.1, -0.05) is 24.1 Å². The highest BCUT2D eigenvalue weighted by Crippen LogP contribution is 2.39. The summed E-state index contributed by atoms with van der Waals surface area (Å²) < 4.78 is 13.8. The van der Waals surface area contributed by atoms with Gasteiger partial charge in [0.1, 0.15) is 16.9 Å². The quantitative estimate of drug-likeness (QED) is 0.450. The number of aryl methyl sites for hydroxylation is 1. The molecule has 0 saturated carbocycles. The zero-order valence-corrected chi connectivity index (χ0v) is 21.3. The predicted molar refractivity (Wildman–Crippen MR) is 141 cm³/mol. The van der Waals surface area contributed by atoms with Crippen molar-refractivity contribution < 1.29 is 14.3 Å². The third kappa shape index (κ3) is 5.26. The number of aromatic nitrogens is 3. The van der Waals surface area contributed by atoms with Crippen molar-refractivity contribution in [1.82, 2.24) is 19.4 Å². The molecule has 1 N–H and O–H groups in total. The van der Waals surface area contributed by atoms with Gasteiger partial charge < -0.3 is 14.0 Å². The molecule has 2 saturated heterocycles. The van der Waals surface area contributed by atoms with E-state index < -0.39 is 0 Å². The number of amides is 1. The van der Waals surface area contributed by atoms with E-state index in [1.54, 1.807) is 18.3 Å². The first-order chi connectivity index (χ1) is 17.5. The lowest BCUT2D eigenvalue weighted by molar-refractivity contribution is 0.102. The fraction of sp³-hybridized carbons (Fsp3) is 0.444. The highest BCUT2D eigenvalue weighted by molar-refractivity contribution is 6.36. The molecular weight excluding hydrogens is 478 g/mol. The minimum atomic E-state index is -0.232. The van der Waals surface area contributed by atoms with Crippen LogP contribution in [0.1, 0.15) is 47.8 Å². The van der Waals surface area contributed by atoms with Gasteiger partial charge >= 0.3 is 0 Å². The fourth-order valence-corrected chi connectivity index (χ4v) is 5.36. The SMILES string of the molecule is C=CCN1CCCC[C@@H](n2c(NC(=O)c3ccnc(C)c3)nc3ccc(OC4CCOC4)c(Cl)c32)C1. The molecule has 2 fully saturated rings. The summed E-state index contributed by atoms with van der Waals surface area (Å²) in [6, 6.07) is 7.31. The number of imidazole rings is 1. The molecule has 1 amide bonds. The summed E-state index contributed by atoms with van der Waals surface area (Å²) in [5.74, 6) is 0.863. The van der Waals surface area contributed by atoms with Gasteiger partial charge in [-0.3, -0.25) is 20.0 Å². The lowest BCUT2D eigenvalue weighted by atomic mass is 10.1. The van der Waals surface area contributed by atoms with Crippen molar-refractivity contribution >= 4 is 34.5 Å². The van der Waals surface area contributed by atoms with Gasteiger partial charge in [0.05, 0.1) is 24.2 Å². The summed E-state index contributed by atoms with van der Waals surface area (Å²) in [6.07, 6.45) is 7.52. The number of likely N-dealkylation sites (tertiary alicyclic amines) is 1. The summed E-state index contributed by atoms with van der Waals surface area (Å²) in [7, 11) is 0. The van der Waals surface area contributed by atoms with Crippen LogP contribution in [-0.2, 0) is 4.74 Å². The number of nitrogens with one attached hydrogen (secondary N) is 1. The minimum Gasteiger partial charge on any atom is -0.486 e. The van der Waals surface area contributed by atoms with E-state index in [9.17, 15) is 4.79 Å². The Morgan fingerprint density at radius 1 is 1.33 bits per heavy atom. The van der Waals surface area contributed by atoms with Crippen molar-refractivity contribution in [3.63, 3.8) is 0 Å². The smallest absolute Gasteiger partial charge is 0.258 e. The molecule has 0 spiro atoms. The van der Waals surface area contributed by atoms with Crippen molar-refractivity contribution in [2.45, 2.75) is 44.8 Å². The number of fused-ring (bicyclic) bond motifs is 1. The molecule has 1 aromatic carbocycles. The first-order valence-corrected chi connectivity index (χ1v) is 12.9. The monoisotopic (exact) mass is 509 g/mol. The number of hydrogen-bond donors (Lipinski definition) is 1. The minimum absolute atomic E-state index is 0.0219. The largest absolute Gasteiger partial charge is 0.486 e. The van der Waals surface area contributed by atoms with E-state index in [4.69, 9.17) is 26.1 Å². The van der Waals surface area contributed by atoms with Crippen molar-refractivity contribution in [2.24, 2.45) is 0 Å². The van der Waals surface area contributed by atoms with Crippen molar-refractivity contribution in [3.05, 3.63) is 59.4 Å². The predicted octanol–water partition coefficient (Wildman–Crippen LogP) is 5.03. The molecule has 2 aromatic heterocycles. The second kappa shape index (κ2) is 11.0. The van der Waals surface area contributed by atoms with Gasteiger partial charge in [-0.15, -0.1) is 6.58 Å². The molecule has 2 atom stereocenters. The molecule has 0 bridgehead atoms. The maximum absolute atomic E-state index is 13.2. The molecule has 1 unspecified atom stereocenters. The van der Waals surface area contributed by atoms with E-state index in [1.807, 2.05) is 25.1 Å². The lowest BCUT2D eigenvalue weighted by Gasteiger charge is -2.26. The first-order valence-electron chi connectivity index (χ1n) is 12.6. The van der Waals surface area contributed by atoms with Crippen molar-refractivity contribution in [3.8, 4) is 5.75 Å². The van der Waals surface area contributed by atoms with Crippen molar-refractivity contribution in [1.29, 1.82) is 0 Å². The molecular formula is C27H32ClN5O3. The number of ether oxygens (including phenoxy) is 2. The maximum Gasteiger partial charge on any atom is 0.258 e. The van der Waals surface area contributed by atoms with E-state index in [2.05, 4.69) is 26.3 Å². The number of nitrogens with zero attached hydrogens (tertiary/aromatic N) is 4. The fourth-order valence-electron chi connectivity index (χ4n) is 5.06. The first kappa shape index (κ1) is 24.7. The standard InChI is InChI=1S/C27H32ClN5O3/c1-3-12-32-13-5-4-6-20(16-32)33-25-22(7-8-23(24(25)28)36-21-10-14-35-17-21)30-27(33)31-26(34)19-9-11-29-18(2)15-19/h3,7-9,11,15,20-21H,1,4-6,10,12-14,16-17H2,2H3,(H,30,31,34)/t20-,21?/m1/s1. The van der Waals surface area contributed by atoms with Gasteiger partial charge in [-0.25, -0.2) is 4.98 Å². The van der Waals surface area contributed by atoms with Crippen LogP contribution in [0.4, 0.5) is 5.95 Å². The molecule has 36 heavy (non-hydrogen) atoms. The van der Waals surface area contributed by atoms with Crippen LogP contribution in [0.5, 0.6) is 5.75 Å². The van der Waals surface area contributed by atoms with Crippen LogP contribution in [0.3, 0.4) is 0 Å². The number of hydrogen-bond acceptors (Lipinski definition) is 6. The molecule has 8 nitrogen and oxygen atoms in total. The van der Waals surface area contributed by atoms with Crippen LogP contribution in [0.15, 0.2) is 43.1 Å². The second-order valence-electron chi connectivity index (χ2n) is 9.49. The number of benzene rings is 1. The van der Waals surface area contributed by atoms with E-state index in [-0.39, 0.29) is 18.1 Å². The summed E-state index contributed by atoms with van der Waals surface area (Å²) in [5, 5.41) is 3.56. The third-order valence-electron chi connectivity index (χ3n) is 6.80. The Bertz CT molecular complexity index is 1250. The van der Waals surface area contributed by atoms with Crippen LogP contribution < -0.4 is 10.1 Å². The van der Waals surface area contributed by atoms with Crippen LogP contribution in [0.2, 0.25) is 5.02 Å². The Labute approximate surface area is 216 Å². The number of carbonyl (C=O) groups excluding carboxylic acids is 1. The van der Waals surface area contributed by atoms with Crippen LogP contribution in [0.25, 0.3) is 11.0 Å². The van der Waals surface area contributed by atoms with E-state index in [0.717, 1.165) is 62.0 Å². The van der Waals surface area contributed by atoms with Crippen molar-refractivity contribution in [2.75, 3.05) is 38.2 Å². The molecule has 9 heteroatoms. The molecule has 0 radical (unpaired) electrons. The number of pyridine rings is 1. The Kier molecular flexibility index (Phi) is 7.55. The number of rotatable bonds is 7. The maximum atomic E-state index is 13.2. The van der Waals surface area contributed by atoms with Gasteiger partial charge in [-0.2, -0.15) is 0 Å².